The van der Waals surface area contributed by atoms with Crippen molar-refractivity contribution in [1.82, 2.24) is 5.32 Å². The van der Waals surface area contributed by atoms with Crippen molar-refractivity contribution in [2.45, 2.75) is 128 Å². The maximum Gasteiger partial charge on any atom is 0.306 e. The van der Waals surface area contributed by atoms with Gasteiger partial charge in [-0.05, 0) is 113 Å². The Morgan fingerprint density at radius 3 is 2.50 bits per heavy atom. The highest BCUT2D eigenvalue weighted by Gasteiger charge is 2.60. The summed E-state index contributed by atoms with van der Waals surface area (Å²) in [6, 6.07) is 10.6. The Balaban J connectivity index is 0.996. The van der Waals surface area contributed by atoms with Gasteiger partial charge in [-0.15, -0.1) is 0 Å². The van der Waals surface area contributed by atoms with Crippen LogP contribution in [0.5, 0.6) is 0 Å². The normalized spacial score (nSPS) is 37.6. The number of rotatable bonds is 8. The zero-order chi connectivity index (χ0) is 31.2. The van der Waals surface area contributed by atoms with Crippen molar-refractivity contribution in [1.29, 1.82) is 0 Å². The fraction of sp³-hybridized carbons (Fsp3) is 0.711. The average Bonchev–Trinajstić information content (AvgIpc) is 3.32. The molecular weight excluding hydrogens is 550 g/mol. The van der Waals surface area contributed by atoms with Gasteiger partial charge in [0.2, 0.25) is 5.91 Å². The van der Waals surface area contributed by atoms with Crippen LogP contribution in [0.2, 0.25) is 0 Å². The molecule has 1 aromatic carbocycles. The van der Waals surface area contributed by atoms with Gasteiger partial charge in [0.25, 0.3) is 0 Å². The molecular formula is C38H53NO5. The third kappa shape index (κ3) is 5.92. The van der Waals surface area contributed by atoms with Gasteiger partial charge in [-0.2, -0.15) is 0 Å². The van der Waals surface area contributed by atoms with Gasteiger partial charge in [0.1, 0.15) is 6.10 Å². The van der Waals surface area contributed by atoms with E-state index in [1.165, 1.54) is 11.1 Å². The predicted octanol–water partition coefficient (Wildman–Crippen LogP) is 7.24. The number of nitrogens with one attached hydrogen (secondary N) is 1. The first-order valence-electron chi connectivity index (χ1n) is 17.3. The van der Waals surface area contributed by atoms with E-state index in [1.807, 2.05) is 12.1 Å². The SMILES string of the molecule is CC1(C)C[C@](CCNC(=O)CCC(=O)O[C@H]2CC[C@H]3[C@@H]4CCC5=CC(=O)CC[C@]5(C)[C@@H]4CC[C@]23C)(c2ccccc2)CCO1. The van der Waals surface area contributed by atoms with Gasteiger partial charge in [-0.3, -0.25) is 14.4 Å². The summed E-state index contributed by atoms with van der Waals surface area (Å²) in [5.41, 5.74) is 2.61. The molecule has 240 valence electrons. The Morgan fingerprint density at radius 2 is 1.73 bits per heavy atom. The van der Waals surface area contributed by atoms with Crippen molar-refractivity contribution in [2.24, 2.45) is 28.6 Å². The van der Waals surface area contributed by atoms with Gasteiger partial charge in [0.15, 0.2) is 5.78 Å². The van der Waals surface area contributed by atoms with Crippen LogP contribution in [0.4, 0.5) is 0 Å². The zero-order valence-electron chi connectivity index (χ0n) is 27.4. The largest absolute Gasteiger partial charge is 0.462 e. The van der Waals surface area contributed by atoms with Gasteiger partial charge in [-0.25, -0.2) is 0 Å². The molecule has 0 spiro atoms. The number of amides is 1. The predicted molar refractivity (Wildman–Crippen MR) is 171 cm³/mol. The second-order valence-corrected chi connectivity index (χ2v) is 15.9. The molecule has 0 unspecified atom stereocenters. The number of allylic oxidation sites excluding steroid dienone is 1. The Hall–Kier alpha value is -2.47. The number of esters is 1. The summed E-state index contributed by atoms with van der Waals surface area (Å²) < 4.78 is 12.2. The number of hydrogen-bond acceptors (Lipinski definition) is 5. The molecule has 4 aliphatic carbocycles. The molecule has 5 aliphatic rings. The first kappa shape index (κ1) is 31.5. The van der Waals surface area contributed by atoms with E-state index >= 15 is 0 Å². The fourth-order valence-electron chi connectivity index (χ4n) is 10.5. The fourth-order valence-corrected chi connectivity index (χ4v) is 10.5. The molecule has 1 amide bonds. The number of benzene rings is 1. The number of ketones is 1. The van der Waals surface area contributed by atoms with Crippen LogP contribution in [0.15, 0.2) is 42.0 Å². The van der Waals surface area contributed by atoms with Gasteiger partial charge in [0.05, 0.1) is 12.0 Å². The number of hydrogen-bond donors (Lipinski definition) is 1. The summed E-state index contributed by atoms with van der Waals surface area (Å²) in [7, 11) is 0. The lowest BCUT2D eigenvalue weighted by Crippen LogP contribution is -2.51. The zero-order valence-corrected chi connectivity index (χ0v) is 27.4. The van der Waals surface area contributed by atoms with Crippen LogP contribution in [0.3, 0.4) is 0 Å². The summed E-state index contributed by atoms with van der Waals surface area (Å²) >= 11 is 0. The summed E-state index contributed by atoms with van der Waals surface area (Å²) in [5.74, 6) is 1.80. The molecule has 6 heteroatoms. The van der Waals surface area contributed by atoms with E-state index in [4.69, 9.17) is 9.47 Å². The Bertz CT molecular complexity index is 1290. The molecule has 1 aliphatic heterocycles. The quantitative estimate of drug-likeness (QED) is 0.317. The first-order chi connectivity index (χ1) is 20.9. The van der Waals surface area contributed by atoms with Crippen LogP contribution in [0.25, 0.3) is 0 Å². The number of carbonyl (C=O) groups excluding carboxylic acids is 3. The van der Waals surface area contributed by atoms with E-state index < -0.39 is 0 Å². The monoisotopic (exact) mass is 603 g/mol. The molecule has 1 heterocycles. The molecule has 1 N–H and O–H groups in total. The van der Waals surface area contributed by atoms with Crippen LogP contribution >= 0.6 is 0 Å². The van der Waals surface area contributed by atoms with Crippen molar-refractivity contribution in [3.8, 4) is 0 Å². The lowest BCUT2D eigenvalue weighted by atomic mass is 9.47. The highest BCUT2D eigenvalue weighted by atomic mass is 16.5. The molecule has 0 bridgehead atoms. The summed E-state index contributed by atoms with van der Waals surface area (Å²) in [4.78, 5) is 38.0. The molecule has 6 rings (SSSR count). The molecule has 1 aromatic rings. The van der Waals surface area contributed by atoms with E-state index in [0.29, 0.717) is 43.1 Å². The first-order valence-corrected chi connectivity index (χ1v) is 17.3. The minimum absolute atomic E-state index is 0.00436. The van der Waals surface area contributed by atoms with Crippen LogP contribution < -0.4 is 5.32 Å². The lowest BCUT2D eigenvalue weighted by Gasteiger charge is -2.57. The molecule has 0 radical (unpaired) electrons. The molecule has 6 nitrogen and oxygen atoms in total. The Kier molecular flexibility index (Phi) is 8.62. The van der Waals surface area contributed by atoms with Crippen LogP contribution in [0, 0.1) is 28.6 Å². The minimum atomic E-state index is -0.243. The van der Waals surface area contributed by atoms with E-state index in [0.717, 1.165) is 64.2 Å². The van der Waals surface area contributed by atoms with Gasteiger partial charge in [0, 0.05) is 36.8 Å². The van der Waals surface area contributed by atoms with Crippen LogP contribution in [-0.2, 0) is 29.3 Å². The lowest BCUT2D eigenvalue weighted by molar-refractivity contribution is -0.160. The molecule has 4 fully saturated rings. The van der Waals surface area contributed by atoms with Gasteiger partial charge >= 0.3 is 5.97 Å². The second-order valence-electron chi connectivity index (χ2n) is 15.9. The van der Waals surface area contributed by atoms with Crippen LogP contribution in [0.1, 0.15) is 117 Å². The smallest absolute Gasteiger partial charge is 0.306 e. The Morgan fingerprint density at radius 1 is 0.932 bits per heavy atom. The topological polar surface area (TPSA) is 81.7 Å². The molecule has 7 atom stereocenters. The van der Waals surface area contributed by atoms with Crippen molar-refractivity contribution in [3.63, 3.8) is 0 Å². The molecule has 3 saturated carbocycles. The van der Waals surface area contributed by atoms with Gasteiger partial charge in [-0.1, -0.05) is 49.8 Å². The van der Waals surface area contributed by atoms with E-state index in [-0.39, 0.29) is 52.7 Å². The van der Waals surface area contributed by atoms with Crippen molar-refractivity contribution in [3.05, 3.63) is 47.5 Å². The van der Waals surface area contributed by atoms with Gasteiger partial charge < -0.3 is 14.8 Å². The van der Waals surface area contributed by atoms with Crippen molar-refractivity contribution < 1.29 is 23.9 Å². The number of ether oxygens (including phenoxy) is 2. The standard InChI is InChI=1S/C38H53NO5/c1-35(2)25-38(21-23-43-35,26-8-6-5-7-9-26)20-22-39-33(41)14-15-34(42)44-32-13-12-30-29-11-10-27-24-28(40)16-18-36(27,3)31(29)17-19-37(30,32)4/h5-9,24,29-32H,10-23,25H2,1-4H3,(H,39,41)/t29-,30-,31+,32-,36-,37-,38+/m0/s1. The van der Waals surface area contributed by atoms with E-state index in [9.17, 15) is 14.4 Å². The minimum Gasteiger partial charge on any atom is -0.462 e. The molecule has 1 saturated heterocycles. The third-order valence-electron chi connectivity index (χ3n) is 12.9. The second kappa shape index (κ2) is 12.0. The van der Waals surface area contributed by atoms with E-state index in [1.54, 1.807) is 0 Å². The average molecular weight is 604 g/mol. The summed E-state index contributed by atoms with van der Waals surface area (Å²) in [5, 5.41) is 3.10. The Labute approximate surface area is 264 Å². The molecule has 0 aromatic heterocycles. The highest BCUT2D eigenvalue weighted by Crippen LogP contribution is 2.65. The maximum absolute atomic E-state index is 13.0. The number of fused-ring (bicyclic) bond motifs is 5. The van der Waals surface area contributed by atoms with Crippen LogP contribution in [-0.4, -0.2) is 42.5 Å². The maximum atomic E-state index is 13.0. The highest BCUT2D eigenvalue weighted by molar-refractivity contribution is 5.91. The van der Waals surface area contributed by atoms with E-state index in [2.05, 4.69) is 57.3 Å². The summed E-state index contributed by atoms with van der Waals surface area (Å²) in [6.45, 7) is 10.3. The van der Waals surface area contributed by atoms with Crippen molar-refractivity contribution >= 4 is 17.7 Å². The van der Waals surface area contributed by atoms with Crippen molar-refractivity contribution in [2.75, 3.05) is 13.2 Å². The third-order valence-corrected chi connectivity index (χ3v) is 12.9. The summed E-state index contributed by atoms with van der Waals surface area (Å²) in [6.07, 6.45) is 13.0. The molecule has 44 heavy (non-hydrogen) atoms. The number of carbonyl (C=O) groups is 3.